The van der Waals surface area contributed by atoms with Crippen molar-refractivity contribution in [1.29, 1.82) is 0 Å². The third-order valence-corrected chi connectivity index (χ3v) is 4.26. The quantitative estimate of drug-likeness (QED) is 0.713. The maximum atomic E-state index is 9.38. The molecule has 1 fully saturated rings. The summed E-state index contributed by atoms with van der Waals surface area (Å²) in [6.45, 7) is 14.9. The van der Waals surface area contributed by atoms with Crippen LogP contribution in [0.25, 0.3) is 0 Å². The number of hydrogen-bond donors (Lipinski definition) is 2. The second-order valence-electron chi connectivity index (χ2n) is 7.42. The average molecular weight is 271 g/mol. The summed E-state index contributed by atoms with van der Waals surface area (Å²) in [6.07, 6.45) is 2.17. The van der Waals surface area contributed by atoms with Crippen molar-refractivity contribution in [2.24, 2.45) is 17.3 Å². The van der Waals surface area contributed by atoms with Gasteiger partial charge in [0.1, 0.15) is 0 Å². The van der Waals surface area contributed by atoms with Crippen LogP contribution in [0.2, 0.25) is 0 Å². The monoisotopic (exact) mass is 271 g/mol. The number of rotatable bonds is 8. The van der Waals surface area contributed by atoms with Gasteiger partial charge in [0.2, 0.25) is 0 Å². The van der Waals surface area contributed by atoms with Gasteiger partial charge in [-0.1, -0.05) is 34.6 Å². The van der Waals surface area contributed by atoms with Gasteiger partial charge in [-0.25, -0.2) is 0 Å². The van der Waals surface area contributed by atoms with Gasteiger partial charge in [0.15, 0.2) is 0 Å². The summed E-state index contributed by atoms with van der Waals surface area (Å²) in [4.78, 5) is 0. The van der Waals surface area contributed by atoms with Crippen molar-refractivity contribution in [3.05, 3.63) is 0 Å². The molecular weight excluding hydrogens is 238 g/mol. The highest BCUT2D eigenvalue weighted by molar-refractivity contribution is 5.02. The largest absolute Gasteiger partial charge is 0.393 e. The fourth-order valence-electron chi connectivity index (χ4n) is 2.83. The summed E-state index contributed by atoms with van der Waals surface area (Å²) in [5, 5.41) is 13.0. The highest BCUT2D eigenvalue weighted by Crippen LogP contribution is 2.43. The first kappa shape index (κ1) is 16.9. The molecule has 1 aliphatic carbocycles. The molecule has 19 heavy (non-hydrogen) atoms. The molecule has 0 heterocycles. The van der Waals surface area contributed by atoms with Gasteiger partial charge in [-0.15, -0.1) is 0 Å². The van der Waals surface area contributed by atoms with Crippen LogP contribution in [0.1, 0.15) is 54.4 Å². The van der Waals surface area contributed by atoms with E-state index in [0.717, 1.165) is 26.0 Å². The second-order valence-corrected chi connectivity index (χ2v) is 7.42. The zero-order chi connectivity index (χ0) is 14.6. The summed E-state index contributed by atoms with van der Waals surface area (Å²) in [6, 6.07) is 0.543. The molecule has 1 rings (SSSR count). The maximum absolute atomic E-state index is 9.38. The summed E-state index contributed by atoms with van der Waals surface area (Å²) >= 11 is 0. The fourth-order valence-corrected chi connectivity index (χ4v) is 2.83. The third kappa shape index (κ3) is 5.05. The lowest BCUT2D eigenvalue weighted by Crippen LogP contribution is -2.61. The van der Waals surface area contributed by atoms with Crippen LogP contribution in [0.3, 0.4) is 0 Å². The molecule has 4 unspecified atom stereocenters. The molecule has 3 heteroatoms. The van der Waals surface area contributed by atoms with E-state index in [2.05, 4.69) is 39.9 Å². The number of hydrogen-bond acceptors (Lipinski definition) is 3. The van der Waals surface area contributed by atoms with Crippen LogP contribution in [0.4, 0.5) is 0 Å². The van der Waals surface area contributed by atoms with Crippen LogP contribution in [-0.2, 0) is 4.74 Å². The predicted molar refractivity (Wildman–Crippen MR) is 80.2 cm³/mol. The molecule has 0 amide bonds. The molecule has 0 saturated heterocycles. The Hall–Kier alpha value is -0.120. The molecule has 0 aromatic heterocycles. The van der Waals surface area contributed by atoms with E-state index in [1.807, 2.05) is 6.92 Å². The van der Waals surface area contributed by atoms with E-state index in [9.17, 15) is 5.11 Å². The Bertz CT molecular complexity index is 263. The van der Waals surface area contributed by atoms with Gasteiger partial charge in [-0.2, -0.15) is 0 Å². The van der Waals surface area contributed by atoms with Crippen LogP contribution < -0.4 is 5.32 Å². The molecule has 3 nitrogen and oxygen atoms in total. The van der Waals surface area contributed by atoms with E-state index in [-0.39, 0.29) is 11.5 Å². The first-order valence-corrected chi connectivity index (χ1v) is 7.76. The Morgan fingerprint density at radius 3 is 2.37 bits per heavy atom. The van der Waals surface area contributed by atoms with Gasteiger partial charge < -0.3 is 15.2 Å². The van der Waals surface area contributed by atoms with E-state index in [0.29, 0.717) is 24.0 Å². The van der Waals surface area contributed by atoms with E-state index in [1.54, 1.807) is 0 Å². The fraction of sp³-hybridized carbons (Fsp3) is 1.00. The molecule has 0 spiro atoms. The lowest BCUT2D eigenvalue weighted by atomic mass is 9.64. The molecule has 0 aliphatic heterocycles. The number of nitrogens with one attached hydrogen (secondary N) is 1. The topological polar surface area (TPSA) is 41.5 Å². The van der Waals surface area contributed by atoms with Crippen molar-refractivity contribution in [1.82, 2.24) is 5.32 Å². The zero-order valence-electron chi connectivity index (χ0n) is 13.6. The minimum Gasteiger partial charge on any atom is -0.393 e. The first-order chi connectivity index (χ1) is 8.73. The molecule has 0 bridgehead atoms. The smallest absolute Gasteiger partial charge is 0.0656 e. The Labute approximate surface area is 119 Å². The van der Waals surface area contributed by atoms with Gasteiger partial charge >= 0.3 is 0 Å². The SMILES string of the molecule is CC(C)COC1CC(NCC(C)CC(C)O)C1(C)C. The van der Waals surface area contributed by atoms with Crippen LogP contribution in [0.15, 0.2) is 0 Å². The Morgan fingerprint density at radius 1 is 1.26 bits per heavy atom. The average Bonchev–Trinajstić information content (AvgIpc) is 2.25. The van der Waals surface area contributed by atoms with Crippen molar-refractivity contribution in [3.8, 4) is 0 Å². The molecule has 0 aromatic carbocycles. The number of ether oxygens (including phenoxy) is 1. The highest BCUT2D eigenvalue weighted by Gasteiger charge is 2.48. The lowest BCUT2D eigenvalue weighted by molar-refractivity contribution is -0.124. The van der Waals surface area contributed by atoms with Gasteiger partial charge in [0, 0.05) is 18.1 Å². The number of aliphatic hydroxyl groups excluding tert-OH is 1. The normalized spacial score (nSPS) is 29.1. The maximum Gasteiger partial charge on any atom is 0.0656 e. The molecule has 0 aromatic rings. The highest BCUT2D eigenvalue weighted by atomic mass is 16.5. The predicted octanol–water partition coefficient (Wildman–Crippen LogP) is 2.82. The van der Waals surface area contributed by atoms with E-state index in [1.165, 1.54) is 0 Å². The van der Waals surface area contributed by atoms with Crippen LogP contribution in [0, 0.1) is 17.3 Å². The van der Waals surface area contributed by atoms with Crippen molar-refractivity contribution < 1.29 is 9.84 Å². The number of aliphatic hydroxyl groups is 1. The Morgan fingerprint density at radius 2 is 1.89 bits per heavy atom. The van der Waals surface area contributed by atoms with Crippen LogP contribution in [-0.4, -0.2) is 36.5 Å². The Balaban J connectivity index is 2.27. The van der Waals surface area contributed by atoms with Gasteiger partial charge in [-0.3, -0.25) is 0 Å². The standard InChI is InChI=1S/C16H33NO2/c1-11(2)10-19-15-8-14(16(15,5)6)17-9-12(3)7-13(4)18/h11-15,17-18H,7-10H2,1-6H3. The first-order valence-electron chi connectivity index (χ1n) is 7.76. The summed E-state index contributed by atoms with van der Waals surface area (Å²) in [5.41, 5.74) is 0.222. The molecule has 1 saturated carbocycles. The van der Waals surface area contributed by atoms with Crippen LogP contribution in [0.5, 0.6) is 0 Å². The van der Waals surface area contributed by atoms with Crippen molar-refractivity contribution >= 4 is 0 Å². The minimum atomic E-state index is -0.201. The Kier molecular flexibility index (Phi) is 6.28. The summed E-state index contributed by atoms with van der Waals surface area (Å²) in [5.74, 6) is 1.13. The molecule has 2 N–H and O–H groups in total. The van der Waals surface area contributed by atoms with E-state index in [4.69, 9.17) is 4.74 Å². The minimum absolute atomic E-state index is 0.201. The van der Waals surface area contributed by atoms with Crippen LogP contribution >= 0.6 is 0 Å². The van der Waals surface area contributed by atoms with Crippen molar-refractivity contribution in [2.75, 3.05) is 13.2 Å². The third-order valence-electron chi connectivity index (χ3n) is 4.26. The summed E-state index contributed by atoms with van der Waals surface area (Å²) < 4.78 is 5.98. The van der Waals surface area contributed by atoms with E-state index < -0.39 is 0 Å². The molecule has 114 valence electrons. The zero-order valence-corrected chi connectivity index (χ0v) is 13.6. The molecule has 1 aliphatic rings. The van der Waals surface area contributed by atoms with Crippen molar-refractivity contribution in [2.45, 2.75) is 72.6 Å². The second kappa shape index (κ2) is 7.05. The van der Waals surface area contributed by atoms with Crippen molar-refractivity contribution in [3.63, 3.8) is 0 Å². The van der Waals surface area contributed by atoms with Gasteiger partial charge in [0.05, 0.1) is 12.2 Å². The molecule has 0 radical (unpaired) electrons. The lowest BCUT2D eigenvalue weighted by Gasteiger charge is -2.52. The van der Waals surface area contributed by atoms with Gasteiger partial charge in [0.25, 0.3) is 0 Å². The molecule has 4 atom stereocenters. The van der Waals surface area contributed by atoms with Gasteiger partial charge in [-0.05, 0) is 38.1 Å². The summed E-state index contributed by atoms with van der Waals surface area (Å²) in [7, 11) is 0. The van der Waals surface area contributed by atoms with E-state index >= 15 is 0 Å². The molecular formula is C16H33NO2.